The molecule has 0 aliphatic heterocycles. The zero-order chi connectivity index (χ0) is 11.5. The Labute approximate surface area is 93.3 Å². The molecule has 0 saturated heterocycles. The minimum Gasteiger partial charge on any atom is -0.436 e. The maximum atomic E-state index is 11.8. The molecule has 1 N–H and O–H groups in total. The smallest absolute Gasteiger partial charge is 0.293 e. The average molecular weight is 216 g/mol. The molecule has 4 heteroatoms. The molecule has 1 amide bonds. The first-order valence-corrected chi connectivity index (χ1v) is 4.97. The van der Waals surface area contributed by atoms with E-state index < -0.39 is 0 Å². The predicted molar refractivity (Wildman–Crippen MR) is 60.4 cm³/mol. The summed E-state index contributed by atoms with van der Waals surface area (Å²) in [4.78, 5) is 15.8. The van der Waals surface area contributed by atoms with Crippen LogP contribution in [-0.2, 0) is 0 Å². The number of amides is 1. The van der Waals surface area contributed by atoms with Gasteiger partial charge in [-0.2, -0.15) is 0 Å². The van der Waals surface area contributed by atoms with Gasteiger partial charge in [0, 0.05) is 12.6 Å². The highest BCUT2D eigenvalue weighted by atomic mass is 16.4. The highest BCUT2D eigenvalue weighted by Crippen LogP contribution is 2.12. The number of hydrogen-bond donors (Lipinski definition) is 1. The van der Waals surface area contributed by atoms with E-state index in [2.05, 4.69) is 10.3 Å². The van der Waals surface area contributed by atoms with Gasteiger partial charge in [0.15, 0.2) is 5.89 Å². The minimum atomic E-state index is -0.274. The van der Waals surface area contributed by atoms with Gasteiger partial charge in [-0.25, -0.2) is 4.98 Å². The van der Waals surface area contributed by atoms with Gasteiger partial charge in [-0.15, -0.1) is 0 Å². The average Bonchev–Trinajstić information content (AvgIpc) is 2.59. The van der Waals surface area contributed by atoms with Crippen molar-refractivity contribution in [2.45, 2.75) is 13.8 Å². The molecule has 4 nitrogen and oxygen atoms in total. The van der Waals surface area contributed by atoms with Gasteiger partial charge >= 0.3 is 0 Å². The van der Waals surface area contributed by atoms with E-state index in [-0.39, 0.29) is 11.7 Å². The number of nitrogens with zero attached hydrogens (tertiary/aromatic N) is 1. The lowest BCUT2D eigenvalue weighted by molar-refractivity contribution is 0.0994. The molecular weight excluding hydrogens is 204 g/mol. The molecule has 2 aromatic rings. The Kier molecular flexibility index (Phi) is 2.72. The second kappa shape index (κ2) is 4.18. The second-order valence-electron chi connectivity index (χ2n) is 3.47. The summed E-state index contributed by atoms with van der Waals surface area (Å²) in [5.74, 6) is 0.487. The molecule has 16 heavy (non-hydrogen) atoms. The summed E-state index contributed by atoms with van der Waals surface area (Å²) in [5, 5.41) is 2.74. The van der Waals surface area contributed by atoms with Gasteiger partial charge in [-0.05, 0) is 19.1 Å². The quantitative estimate of drug-likeness (QED) is 0.839. The maximum Gasteiger partial charge on any atom is 0.293 e. The zero-order valence-corrected chi connectivity index (χ0v) is 9.15. The Morgan fingerprint density at radius 3 is 2.50 bits per heavy atom. The Bertz CT molecular complexity index is 503. The van der Waals surface area contributed by atoms with Crippen molar-refractivity contribution in [3.05, 3.63) is 47.7 Å². The normalized spacial score (nSPS) is 10.1. The van der Waals surface area contributed by atoms with Crippen molar-refractivity contribution in [3.8, 4) is 0 Å². The highest BCUT2D eigenvalue weighted by molar-refractivity contribution is 6.02. The number of carbonyl (C=O) groups excluding carboxylic acids is 1. The molecule has 1 heterocycles. The largest absolute Gasteiger partial charge is 0.436 e. The predicted octanol–water partition coefficient (Wildman–Crippen LogP) is 2.54. The van der Waals surface area contributed by atoms with Crippen molar-refractivity contribution in [3.63, 3.8) is 0 Å². The lowest BCUT2D eigenvalue weighted by Gasteiger charge is -2.02. The maximum absolute atomic E-state index is 11.8. The van der Waals surface area contributed by atoms with E-state index >= 15 is 0 Å². The molecule has 0 fully saturated rings. The molecule has 0 spiro atoms. The molecule has 0 radical (unpaired) electrons. The number of nitrogens with one attached hydrogen (secondary N) is 1. The molecule has 0 unspecified atom stereocenters. The first-order valence-electron chi connectivity index (χ1n) is 4.97. The number of oxazole rings is 1. The number of anilines is 1. The van der Waals surface area contributed by atoms with Crippen molar-refractivity contribution in [2.75, 3.05) is 5.32 Å². The van der Waals surface area contributed by atoms with Crippen LogP contribution in [0, 0.1) is 13.8 Å². The van der Waals surface area contributed by atoms with Crippen LogP contribution in [-0.4, -0.2) is 10.9 Å². The highest BCUT2D eigenvalue weighted by Gasteiger charge is 2.15. The number of aryl methyl sites for hydroxylation is 2. The van der Waals surface area contributed by atoms with Gasteiger partial charge in [0.05, 0.1) is 5.69 Å². The molecule has 0 atom stereocenters. The van der Waals surface area contributed by atoms with Crippen LogP contribution in [0.15, 0.2) is 34.7 Å². The first-order chi connectivity index (χ1) is 7.66. The minimum absolute atomic E-state index is 0.265. The SMILES string of the molecule is Cc1nc(C)c(C(=O)Nc2ccccc2)o1. The third-order valence-electron chi connectivity index (χ3n) is 2.14. The van der Waals surface area contributed by atoms with Crippen molar-refractivity contribution in [1.82, 2.24) is 4.98 Å². The van der Waals surface area contributed by atoms with Crippen LogP contribution in [0.3, 0.4) is 0 Å². The lowest BCUT2D eigenvalue weighted by atomic mass is 10.3. The fourth-order valence-corrected chi connectivity index (χ4v) is 1.45. The number of rotatable bonds is 2. The van der Waals surface area contributed by atoms with E-state index in [1.807, 2.05) is 30.3 Å². The molecule has 2 rings (SSSR count). The summed E-state index contributed by atoms with van der Waals surface area (Å²) in [5.41, 5.74) is 1.34. The number of para-hydroxylation sites is 1. The van der Waals surface area contributed by atoms with E-state index in [4.69, 9.17) is 4.42 Å². The second-order valence-corrected chi connectivity index (χ2v) is 3.47. The van der Waals surface area contributed by atoms with Gasteiger partial charge in [0.2, 0.25) is 5.76 Å². The van der Waals surface area contributed by atoms with Crippen LogP contribution >= 0.6 is 0 Å². The van der Waals surface area contributed by atoms with Crippen LogP contribution < -0.4 is 5.32 Å². The van der Waals surface area contributed by atoms with Gasteiger partial charge in [0.1, 0.15) is 0 Å². The molecule has 0 bridgehead atoms. The first kappa shape index (κ1) is 10.4. The third-order valence-corrected chi connectivity index (χ3v) is 2.14. The van der Waals surface area contributed by atoms with Crippen LogP contribution in [0.4, 0.5) is 5.69 Å². The molecule has 0 aliphatic carbocycles. The standard InChI is InChI=1S/C12H12N2O2/c1-8-11(16-9(2)13-8)12(15)14-10-6-4-3-5-7-10/h3-7H,1-2H3,(H,14,15). The fraction of sp³-hybridized carbons (Fsp3) is 0.167. The van der Waals surface area contributed by atoms with Crippen LogP contribution in [0.25, 0.3) is 0 Å². The van der Waals surface area contributed by atoms with Crippen LogP contribution in [0.2, 0.25) is 0 Å². The molecular formula is C12H12N2O2. The van der Waals surface area contributed by atoms with Gasteiger partial charge in [-0.3, -0.25) is 4.79 Å². The van der Waals surface area contributed by atoms with Gasteiger partial charge < -0.3 is 9.73 Å². The van der Waals surface area contributed by atoms with E-state index in [0.29, 0.717) is 11.6 Å². The Morgan fingerprint density at radius 2 is 1.94 bits per heavy atom. The third kappa shape index (κ3) is 2.11. The molecule has 1 aromatic heterocycles. The topological polar surface area (TPSA) is 55.1 Å². The van der Waals surface area contributed by atoms with E-state index in [1.54, 1.807) is 13.8 Å². The van der Waals surface area contributed by atoms with Gasteiger partial charge in [0.25, 0.3) is 5.91 Å². The monoisotopic (exact) mass is 216 g/mol. The molecule has 0 aliphatic rings. The summed E-state index contributed by atoms with van der Waals surface area (Å²) in [6.07, 6.45) is 0. The number of carbonyl (C=O) groups is 1. The number of aromatic nitrogens is 1. The summed E-state index contributed by atoms with van der Waals surface area (Å²) in [6.45, 7) is 3.46. The van der Waals surface area contributed by atoms with Crippen LogP contribution in [0.5, 0.6) is 0 Å². The Balaban J connectivity index is 2.18. The van der Waals surface area contributed by atoms with Gasteiger partial charge in [-0.1, -0.05) is 18.2 Å². The van der Waals surface area contributed by atoms with Crippen molar-refractivity contribution >= 4 is 11.6 Å². The Hall–Kier alpha value is -2.10. The number of hydrogen-bond acceptors (Lipinski definition) is 3. The van der Waals surface area contributed by atoms with Crippen molar-refractivity contribution < 1.29 is 9.21 Å². The van der Waals surface area contributed by atoms with E-state index in [1.165, 1.54) is 0 Å². The van der Waals surface area contributed by atoms with E-state index in [9.17, 15) is 4.79 Å². The molecule has 0 saturated carbocycles. The van der Waals surface area contributed by atoms with Crippen LogP contribution in [0.1, 0.15) is 22.1 Å². The molecule has 82 valence electrons. The molecule has 1 aromatic carbocycles. The van der Waals surface area contributed by atoms with Crippen molar-refractivity contribution in [2.24, 2.45) is 0 Å². The van der Waals surface area contributed by atoms with Crippen molar-refractivity contribution in [1.29, 1.82) is 0 Å². The van der Waals surface area contributed by atoms with E-state index in [0.717, 1.165) is 5.69 Å². The lowest BCUT2D eigenvalue weighted by Crippen LogP contribution is -2.12. The number of benzene rings is 1. The summed E-state index contributed by atoms with van der Waals surface area (Å²) < 4.78 is 5.23. The summed E-state index contributed by atoms with van der Waals surface area (Å²) >= 11 is 0. The summed E-state index contributed by atoms with van der Waals surface area (Å²) in [6, 6.07) is 9.23. The zero-order valence-electron chi connectivity index (χ0n) is 9.15. The Morgan fingerprint density at radius 1 is 1.25 bits per heavy atom. The summed E-state index contributed by atoms with van der Waals surface area (Å²) in [7, 11) is 0. The fourth-order valence-electron chi connectivity index (χ4n) is 1.45.